The molecule has 0 unspecified atom stereocenters. The smallest absolute Gasteiger partial charge is 0.243 e. The van der Waals surface area contributed by atoms with E-state index in [4.69, 9.17) is 0 Å². The monoisotopic (exact) mass is 309 g/mol. The number of rotatable bonds is 4. The van der Waals surface area contributed by atoms with Crippen LogP contribution in [0.1, 0.15) is 56.8 Å². The number of ketones is 1. The molecule has 0 amide bonds. The molecule has 0 bridgehead atoms. The van der Waals surface area contributed by atoms with Gasteiger partial charge in [-0.25, -0.2) is 8.42 Å². The number of piperidine rings is 1. The molecule has 0 aliphatic carbocycles. The van der Waals surface area contributed by atoms with Gasteiger partial charge >= 0.3 is 0 Å². The summed E-state index contributed by atoms with van der Waals surface area (Å²) in [5.74, 6) is -0.0354. The largest absolute Gasteiger partial charge is 0.294 e. The van der Waals surface area contributed by atoms with Crippen LogP contribution in [0.3, 0.4) is 0 Å². The van der Waals surface area contributed by atoms with Crippen LogP contribution >= 0.6 is 0 Å². The number of hydrogen-bond donors (Lipinski definition) is 0. The average Bonchev–Trinajstić information content (AvgIpc) is 2.46. The molecular weight excluding hydrogens is 286 g/mol. The molecule has 21 heavy (non-hydrogen) atoms. The number of Topliss-reactive ketones (excluding diaryl/α,β-unsaturated/α-hetero) is 1. The summed E-state index contributed by atoms with van der Waals surface area (Å²) in [6, 6.07) is 6.42. The Bertz CT molecular complexity index is 614. The minimum Gasteiger partial charge on any atom is -0.294 e. The van der Waals surface area contributed by atoms with Gasteiger partial charge in [0.15, 0.2) is 5.78 Å². The molecule has 4 nitrogen and oxygen atoms in total. The molecule has 1 aliphatic rings. The van der Waals surface area contributed by atoms with Crippen LogP contribution in [0.4, 0.5) is 0 Å². The van der Waals surface area contributed by atoms with Gasteiger partial charge in [-0.1, -0.05) is 25.5 Å². The maximum Gasteiger partial charge on any atom is 0.243 e. The maximum absolute atomic E-state index is 12.9. The highest BCUT2D eigenvalue weighted by molar-refractivity contribution is 7.89. The summed E-state index contributed by atoms with van der Waals surface area (Å²) in [6.07, 6.45) is 3.21. The van der Waals surface area contributed by atoms with Crippen molar-refractivity contribution in [1.82, 2.24) is 4.31 Å². The Morgan fingerprint density at radius 3 is 2.43 bits per heavy atom. The lowest BCUT2D eigenvalue weighted by molar-refractivity contribution is 0.0988. The lowest BCUT2D eigenvalue weighted by Gasteiger charge is -2.37. The highest BCUT2D eigenvalue weighted by Crippen LogP contribution is 2.29. The van der Waals surface area contributed by atoms with E-state index in [2.05, 4.69) is 0 Å². The number of benzene rings is 1. The van der Waals surface area contributed by atoms with Crippen molar-refractivity contribution in [2.75, 3.05) is 0 Å². The molecule has 1 aromatic carbocycles. The highest BCUT2D eigenvalue weighted by Gasteiger charge is 2.35. The second-order valence-corrected chi connectivity index (χ2v) is 7.61. The van der Waals surface area contributed by atoms with Crippen molar-refractivity contribution in [3.05, 3.63) is 29.8 Å². The SMILES string of the molecule is CCC(=O)c1cccc(S(=O)(=O)N2[C@H](C)CCC[C@@H]2C)c1. The van der Waals surface area contributed by atoms with E-state index < -0.39 is 10.0 Å². The van der Waals surface area contributed by atoms with Gasteiger partial charge in [0.1, 0.15) is 0 Å². The van der Waals surface area contributed by atoms with Gasteiger partial charge < -0.3 is 0 Å². The Morgan fingerprint density at radius 2 is 1.86 bits per heavy atom. The van der Waals surface area contributed by atoms with Crippen molar-refractivity contribution in [2.45, 2.75) is 63.4 Å². The molecule has 1 saturated heterocycles. The molecule has 5 heteroatoms. The third kappa shape index (κ3) is 3.19. The zero-order valence-electron chi connectivity index (χ0n) is 12.9. The van der Waals surface area contributed by atoms with E-state index in [-0.39, 0.29) is 22.8 Å². The van der Waals surface area contributed by atoms with Crippen LogP contribution in [0.15, 0.2) is 29.2 Å². The van der Waals surface area contributed by atoms with Gasteiger partial charge in [-0.15, -0.1) is 0 Å². The first kappa shape index (κ1) is 16.2. The van der Waals surface area contributed by atoms with Crippen LogP contribution in [0.2, 0.25) is 0 Å². The molecule has 2 atom stereocenters. The summed E-state index contributed by atoms with van der Waals surface area (Å²) in [5, 5.41) is 0. The van der Waals surface area contributed by atoms with Gasteiger partial charge in [0, 0.05) is 24.1 Å². The van der Waals surface area contributed by atoms with Crippen molar-refractivity contribution >= 4 is 15.8 Å². The Balaban J connectivity index is 2.41. The second-order valence-electron chi connectivity index (χ2n) is 5.77. The van der Waals surface area contributed by atoms with Gasteiger partial charge in [0.05, 0.1) is 4.90 Å². The summed E-state index contributed by atoms with van der Waals surface area (Å²) in [4.78, 5) is 12.0. The minimum atomic E-state index is -3.54. The Morgan fingerprint density at radius 1 is 1.24 bits per heavy atom. The van der Waals surface area contributed by atoms with E-state index in [9.17, 15) is 13.2 Å². The van der Waals surface area contributed by atoms with Crippen molar-refractivity contribution < 1.29 is 13.2 Å². The van der Waals surface area contributed by atoms with Crippen molar-refractivity contribution in [2.24, 2.45) is 0 Å². The van der Waals surface area contributed by atoms with Crippen LogP contribution in [0.25, 0.3) is 0 Å². The fraction of sp³-hybridized carbons (Fsp3) is 0.562. The normalized spacial score (nSPS) is 24.0. The molecule has 0 aromatic heterocycles. The number of carbonyl (C=O) groups is 1. The first-order valence-corrected chi connectivity index (χ1v) is 8.98. The molecule has 2 rings (SSSR count). The van der Waals surface area contributed by atoms with Crippen molar-refractivity contribution in [3.63, 3.8) is 0 Å². The predicted octanol–water partition coefficient (Wildman–Crippen LogP) is 3.23. The number of carbonyl (C=O) groups excluding carboxylic acids is 1. The molecular formula is C16H23NO3S. The Labute approximate surface area is 127 Å². The highest BCUT2D eigenvalue weighted by atomic mass is 32.2. The summed E-state index contributed by atoms with van der Waals surface area (Å²) in [7, 11) is -3.54. The summed E-state index contributed by atoms with van der Waals surface area (Å²) in [5.41, 5.74) is 0.468. The molecule has 0 spiro atoms. The molecule has 1 aliphatic heterocycles. The minimum absolute atomic E-state index is 0.00397. The molecule has 1 fully saturated rings. The van der Waals surface area contributed by atoms with Crippen LogP contribution in [0, 0.1) is 0 Å². The maximum atomic E-state index is 12.9. The van der Waals surface area contributed by atoms with Crippen molar-refractivity contribution in [1.29, 1.82) is 0 Å². The zero-order chi connectivity index (χ0) is 15.6. The molecule has 0 radical (unpaired) electrons. The van der Waals surface area contributed by atoms with Crippen LogP contribution in [-0.4, -0.2) is 30.6 Å². The van der Waals surface area contributed by atoms with E-state index >= 15 is 0 Å². The van der Waals surface area contributed by atoms with Gasteiger partial charge in [-0.3, -0.25) is 4.79 Å². The number of nitrogens with zero attached hydrogens (tertiary/aromatic N) is 1. The Hall–Kier alpha value is -1.20. The fourth-order valence-corrected chi connectivity index (χ4v) is 4.96. The molecule has 1 aromatic rings. The van der Waals surface area contributed by atoms with E-state index in [0.29, 0.717) is 12.0 Å². The quantitative estimate of drug-likeness (QED) is 0.802. The standard InChI is InChI=1S/C16H23NO3S/c1-4-16(18)14-9-6-10-15(11-14)21(19,20)17-12(2)7-5-8-13(17)3/h6,9-13H,4-5,7-8H2,1-3H3/t12-,13+. The third-order valence-corrected chi connectivity index (χ3v) is 6.29. The second kappa shape index (κ2) is 6.28. The molecule has 116 valence electrons. The first-order valence-electron chi connectivity index (χ1n) is 7.54. The van der Waals surface area contributed by atoms with Crippen molar-refractivity contribution in [3.8, 4) is 0 Å². The zero-order valence-corrected chi connectivity index (χ0v) is 13.7. The predicted molar refractivity (Wildman–Crippen MR) is 82.9 cm³/mol. The topological polar surface area (TPSA) is 54.5 Å². The lowest BCUT2D eigenvalue weighted by Crippen LogP contribution is -2.47. The number of hydrogen-bond acceptors (Lipinski definition) is 3. The van der Waals surface area contributed by atoms with Gasteiger partial charge in [0.2, 0.25) is 10.0 Å². The van der Waals surface area contributed by atoms with E-state index in [0.717, 1.165) is 19.3 Å². The number of sulfonamides is 1. The molecule has 1 heterocycles. The van der Waals surface area contributed by atoms with E-state index in [1.807, 2.05) is 13.8 Å². The van der Waals surface area contributed by atoms with E-state index in [1.54, 1.807) is 29.4 Å². The fourth-order valence-electron chi connectivity index (χ4n) is 3.03. The lowest BCUT2D eigenvalue weighted by atomic mass is 10.0. The summed E-state index contributed by atoms with van der Waals surface area (Å²) >= 11 is 0. The summed E-state index contributed by atoms with van der Waals surface area (Å²) < 4.78 is 27.4. The molecule has 0 saturated carbocycles. The van der Waals surface area contributed by atoms with E-state index in [1.165, 1.54) is 6.07 Å². The average molecular weight is 309 g/mol. The van der Waals surface area contributed by atoms with Gasteiger partial charge in [-0.2, -0.15) is 4.31 Å². The van der Waals surface area contributed by atoms with Gasteiger partial charge in [0.25, 0.3) is 0 Å². The van der Waals surface area contributed by atoms with Gasteiger partial charge in [-0.05, 0) is 38.8 Å². The molecule has 0 N–H and O–H groups in total. The van der Waals surface area contributed by atoms with Crippen LogP contribution in [0.5, 0.6) is 0 Å². The summed E-state index contributed by atoms with van der Waals surface area (Å²) in [6.45, 7) is 5.68. The van der Waals surface area contributed by atoms with Crippen LogP contribution < -0.4 is 0 Å². The van der Waals surface area contributed by atoms with Crippen LogP contribution in [-0.2, 0) is 10.0 Å². The third-order valence-electron chi connectivity index (χ3n) is 4.17. The Kier molecular flexibility index (Phi) is 4.84. The first-order chi connectivity index (χ1) is 9.87.